The molecule has 0 bridgehead atoms. The molecule has 0 aromatic heterocycles. The number of amides is 2. The number of aliphatic hydroxyl groups is 2. The lowest BCUT2D eigenvalue weighted by Gasteiger charge is -2.44. The molecule has 1 aromatic rings. The average molecular weight is 482 g/mol. The Balaban J connectivity index is 1.54. The number of aromatic hydroxyl groups is 1. The molecule has 9 nitrogen and oxygen atoms in total. The van der Waals surface area contributed by atoms with E-state index in [4.69, 9.17) is 21.4 Å². The molecule has 0 unspecified atom stereocenters. The SMILES string of the molecule is O=C(O)CCCCCN1C(=O)[C@H]2[C@H](C[C@H](CO)[C@@]3(O)O[C@H](c4ccc(O)cc4Cl)C[C@@H]23)C1=O. The molecule has 3 aliphatic rings. The monoisotopic (exact) mass is 481 g/mol. The number of nitrogens with zero attached hydrogens (tertiary/aromatic N) is 1. The third-order valence-electron chi connectivity index (χ3n) is 7.28. The Labute approximate surface area is 195 Å². The molecule has 10 heteroatoms. The van der Waals surface area contributed by atoms with Gasteiger partial charge in [0.25, 0.3) is 0 Å². The zero-order valence-electron chi connectivity index (χ0n) is 18.0. The molecule has 0 radical (unpaired) electrons. The number of likely N-dealkylation sites (tertiary alicyclic amines) is 1. The number of hydrogen-bond acceptors (Lipinski definition) is 7. The normalized spacial score (nSPS) is 33.3. The van der Waals surface area contributed by atoms with Crippen molar-refractivity contribution in [1.29, 1.82) is 0 Å². The molecule has 2 amide bonds. The van der Waals surface area contributed by atoms with E-state index in [-0.39, 0.29) is 48.4 Å². The number of carboxylic acid groups (broad SMARTS) is 1. The lowest BCUT2D eigenvalue weighted by atomic mass is 9.64. The number of phenolic OH excluding ortho intramolecular Hbond substituents is 1. The van der Waals surface area contributed by atoms with E-state index in [2.05, 4.69) is 0 Å². The first-order valence-corrected chi connectivity index (χ1v) is 11.6. The number of phenols is 1. The van der Waals surface area contributed by atoms with E-state index < -0.39 is 48.1 Å². The van der Waals surface area contributed by atoms with Crippen LogP contribution in [0, 0.1) is 23.7 Å². The molecule has 4 rings (SSSR count). The molecule has 6 atom stereocenters. The van der Waals surface area contributed by atoms with Crippen molar-refractivity contribution in [3.8, 4) is 5.75 Å². The van der Waals surface area contributed by atoms with Crippen LogP contribution in [0.4, 0.5) is 0 Å². The van der Waals surface area contributed by atoms with Crippen molar-refractivity contribution in [2.75, 3.05) is 13.2 Å². The zero-order chi connectivity index (χ0) is 23.9. The van der Waals surface area contributed by atoms with E-state index in [0.29, 0.717) is 24.8 Å². The van der Waals surface area contributed by atoms with Crippen LogP contribution in [0.25, 0.3) is 0 Å². The third-order valence-corrected chi connectivity index (χ3v) is 7.61. The van der Waals surface area contributed by atoms with Gasteiger partial charge in [-0.1, -0.05) is 24.1 Å². The Morgan fingerprint density at radius 3 is 2.61 bits per heavy atom. The number of ether oxygens (including phenoxy) is 1. The molecule has 1 aliphatic carbocycles. The Bertz CT molecular complexity index is 954. The fraction of sp³-hybridized carbons (Fsp3) is 0.609. The van der Waals surface area contributed by atoms with Gasteiger partial charge in [-0.2, -0.15) is 0 Å². The first kappa shape index (κ1) is 23.9. The van der Waals surface area contributed by atoms with Crippen molar-refractivity contribution in [2.24, 2.45) is 23.7 Å². The summed E-state index contributed by atoms with van der Waals surface area (Å²) >= 11 is 6.27. The Morgan fingerprint density at radius 2 is 1.94 bits per heavy atom. The van der Waals surface area contributed by atoms with Gasteiger partial charge >= 0.3 is 5.97 Å². The van der Waals surface area contributed by atoms with Crippen LogP contribution in [-0.2, 0) is 19.1 Å². The summed E-state index contributed by atoms with van der Waals surface area (Å²) in [4.78, 5) is 38.2. The summed E-state index contributed by atoms with van der Waals surface area (Å²) in [6, 6.07) is 4.42. The van der Waals surface area contributed by atoms with Gasteiger partial charge in [0.1, 0.15) is 5.75 Å². The van der Waals surface area contributed by atoms with E-state index in [1.165, 1.54) is 17.0 Å². The molecule has 2 saturated heterocycles. The first-order chi connectivity index (χ1) is 15.7. The van der Waals surface area contributed by atoms with Crippen LogP contribution in [-0.4, -0.2) is 62.0 Å². The topological polar surface area (TPSA) is 145 Å². The van der Waals surface area contributed by atoms with Crippen LogP contribution >= 0.6 is 11.6 Å². The molecule has 2 heterocycles. The summed E-state index contributed by atoms with van der Waals surface area (Å²) in [6.45, 7) is -0.198. The maximum absolute atomic E-state index is 13.3. The van der Waals surface area contributed by atoms with E-state index in [9.17, 15) is 29.7 Å². The van der Waals surface area contributed by atoms with Crippen molar-refractivity contribution in [3.05, 3.63) is 28.8 Å². The minimum atomic E-state index is -1.78. The largest absolute Gasteiger partial charge is 0.508 e. The van der Waals surface area contributed by atoms with Crippen LogP contribution in [0.2, 0.25) is 5.02 Å². The number of carbonyl (C=O) groups excluding carboxylic acids is 2. The van der Waals surface area contributed by atoms with Gasteiger partial charge in [0.2, 0.25) is 11.8 Å². The second-order valence-electron chi connectivity index (χ2n) is 9.19. The first-order valence-electron chi connectivity index (χ1n) is 11.2. The summed E-state index contributed by atoms with van der Waals surface area (Å²) in [7, 11) is 0. The van der Waals surface area contributed by atoms with Gasteiger partial charge in [-0.15, -0.1) is 0 Å². The van der Waals surface area contributed by atoms with Crippen LogP contribution < -0.4 is 0 Å². The van der Waals surface area contributed by atoms with Gasteiger partial charge in [0.05, 0.1) is 29.6 Å². The number of rotatable bonds is 8. The number of benzene rings is 1. The second kappa shape index (κ2) is 9.21. The van der Waals surface area contributed by atoms with Gasteiger partial charge in [-0.3, -0.25) is 19.3 Å². The summed E-state index contributed by atoms with van der Waals surface area (Å²) in [5.74, 6) is -6.18. The van der Waals surface area contributed by atoms with Crippen LogP contribution in [0.5, 0.6) is 5.75 Å². The molecule has 1 aromatic carbocycles. The number of imide groups is 1. The molecule has 1 saturated carbocycles. The summed E-state index contributed by atoms with van der Waals surface area (Å²) < 4.78 is 6.02. The van der Waals surface area contributed by atoms with Crippen LogP contribution in [0.1, 0.15) is 50.2 Å². The molecule has 33 heavy (non-hydrogen) atoms. The summed E-state index contributed by atoms with van der Waals surface area (Å²) in [5, 5.41) is 40.1. The smallest absolute Gasteiger partial charge is 0.303 e. The third kappa shape index (κ3) is 4.23. The van der Waals surface area contributed by atoms with E-state index in [0.717, 1.165) is 0 Å². The van der Waals surface area contributed by atoms with Crippen molar-refractivity contribution >= 4 is 29.4 Å². The molecular weight excluding hydrogens is 454 g/mol. The van der Waals surface area contributed by atoms with Gasteiger partial charge in [-0.05, 0) is 43.4 Å². The molecule has 180 valence electrons. The number of hydrogen-bond donors (Lipinski definition) is 4. The molecule has 2 aliphatic heterocycles. The standard InChI is InChI=1S/C23H28ClNO8/c24-17-9-13(27)5-6-14(17)18-10-16-20-15(8-12(11-26)23(16,32)33-18)21(30)25(22(20)31)7-3-1-2-4-19(28)29/h5-6,9,12,15-16,18,20,26-27,32H,1-4,7-8,10-11H2,(H,28,29)/t12-,15+,16+,18+,20+,23-/m1/s1. The minimum Gasteiger partial charge on any atom is -0.508 e. The van der Waals surface area contributed by atoms with Crippen LogP contribution in [0.15, 0.2) is 18.2 Å². The van der Waals surface area contributed by atoms with E-state index in [1.807, 2.05) is 0 Å². The highest BCUT2D eigenvalue weighted by Crippen LogP contribution is 2.58. The number of fused-ring (bicyclic) bond motifs is 3. The lowest BCUT2D eigenvalue weighted by molar-refractivity contribution is -0.274. The predicted molar refractivity (Wildman–Crippen MR) is 115 cm³/mol. The highest BCUT2D eigenvalue weighted by Gasteiger charge is 2.66. The molecule has 4 N–H and O–H groups in total. The number of carbonyl (C=O) groups is 3. The molecule has 0 spiro atoms. The molecular formula is C23H28ClNO8. The fourth-order valence-electron chi connectivity index (χ4n) is 5.67. The number of carboxylic acids is 1. The fourth-order valence-corrected chi connectivity index (χ4v) is 5.97. The lowest BCUT2D eigenvalue weighted by Crippen LogP contribution is -2.54. The van der Waals surface area contributed by atoms with E-state index >= 15 is 0 Å². The Morgan fingerprint density at radius 1 is 1.18 bits per heavy atom. The minimum absolute atomic E-state index is 0.0123. The summed E-state index contributed by atoms with van der Waals surface area (Å²) in [6.07, 6.45) is 1.30. The molecule has 3 fully saturated rings. The number of aliphatic hydroxyl groups excluding tert-OH is 1. The second-order valence-corrected chi connectivity index (χ2v) is 9.59. The Kier molecular flexibility index (Phi) is 6.68. The average Bonchev–Trinajstić information content (AvgIpc) is 3.21. The zero-order valence-corrected chi connectivity index (χ0v) is 18.8. The maximum atomic E-state index is 13.3. The van der Waals surface area contributed by atoms with Crippen molar-refractivity contribution in [1.82, 2.24) is 4.90 Å². The van der Waals surface area contributed by atoms with Gasteiger partial charge in [0.15, 0.2) is 5.79 Å². The maximum Gasteiger partial charge on any atom is 0.303 e. The van der Waals surface area contributed by atoms with Crippen molar-refractivity contribution in [2.45, 2.75) is 50.4 Å². The predicted octanol–water partition coefficient (Wildman–Crippen LogP) is 2.07. The number of halogens is 1. The highest BCUT2D eigenvalue weighted by molar-refractivity contribution is 6.31. The number of unbranched alkanes of at least 4 members (excludes halogenated alkanes) is 2. The van der Waals surface area contributed by atoms with Gasteiger partial charge in [-0.25, -0.2) is 0 Å². The van der Waals surface area contributed by atoms with Crippen LogP contribution in [0.3, 0.4) is 0 Å². The summed E-state index contributed by atoms with van der Waals surface area (Å²) in [5.41, 5.74) is 0.553. The van der Waals surface area contributed by atoms with E-state index in [1.54, 1.807) is 6.07 Å². The van der Waals surface area contributed by atoms with Gasteiger partial charge in [0, 0.05) is 24.8 Å². The highest BCUT2D eigenvalue weighted by atomic mass is 35.5. The van der Waals surface area contributed by atoms with Crippen molar-refractivity contribution in [3.63, 3.8) is 0 Å². The Hall–Kier alpha value is -2.20. The number of aliphatic carboxylic acids is 1. The van der Waals surface area contributed by atoms with Gasteiger partial charge < -0.3 is 25.2 Å². The van der Waals surface area contributed by atoms with Crippen molar-refractivity contribution < 1.29 is 39.5 Å². The quantitative estimate of drug-likeness (QED) is 0.326.